The highest BCUT2D eigenvalue weighted by atomic mass is 35.5. The molecular formula is C10H14ClN3O2S. The third-order valence-corrected chi connectivity index (χ3v) is 3.47. The van der Waals surface area contributed by atoms with Gasteiger partial charge in [0.2, 0.25) is 5.91 Å². The molecule has 2 N–H and O–H groups in total. The molecule has 1 fully saturated rings. The van der Waals surface area contributed by atoms with Gasteiger partial charge >= 0.3 is 0 Å². The number of rotatable bonds is 3. The van der Waals surface area contributed by atoms with Crippen LogP contribution in [0.5, 0.6) is 0 Å². The first-order chi connectivity index (χ1) is 7.66. The third kappa shape index (κ3) is 3.49. The molecule has 7 heteroatoms. The Morgan fingerprint density at radius 1 is 1.59 bits per heavy atom. The van der Waals surface area contributed by atoms with E-state index in [4.69, 9.17) is 0 Å². The van der Waals surface area contributed by atoms with E-state index in [1.165, 1.54) is 24.5 Å². The van der Waals surface area contributed by atoms with Crippen molar-refractivity contribution in [1.82, 2.24) is 10.3 Å². The average molecular weight is 276 g/mol. The Bertz CT molecular complexity index is 415. The first-order valence-corrected chi connectivity index (χ1v) is 5.99. The molecule has 94 valence electrons. The number of nitrogens with zero attached hydrogens (tertiary/aromatic N) is 1. The summed E-state index contributed by atoms with van der Waals surface area (Å²) in [5.41, 5.74) is 0. The van der Waals surface area contributed by atoms with Gasteiger partial charge in [0.15, 0.2) is 10.9 Å². The Morgan fingerprint density at radius 3 is 2.88 bits per heavy atom. The second-order valence-corrected chi connectivity index (χ2v) is 4.75. The average Bonchev–Trinajstić information content (AvgIpc) is 2.87. The molecule has 1 saturated heterocycles. The maximum atomic E-state index is 11.7. The van der Waals surface area contributed by atoms with Crippen LogP contribution in [0.1, 0.15) is 29.4 Å². The van der Waals surface area contributed by atoms with Gasteiger partial charge in [-0.15, -0.1) is 12.4 Å². The molecule has 5 nitrogen and oxygen atoms in total. The highest BCUT2D eigenvalue weighted by Crippen LogP contribution is 2.19. The van der Waals surface area contributed by atoms with E-state index in [0.29, 0.717) is 10.0 Å². The van der Waals surface area contributed by atoms with Gasteiger partial charge < -0.3 is 10.6 Å². The normalized spacial score (nSPS) is 18.5. The summed E-state index contributed by atoms with van der Waals surface area (Å²) in [6, 6.07) is -0.121. The van der Waals surface area contributed by atoms with Crippen molar-refractivity contribution in [3.8, 4) is 0 Å². The molecule has 1 aliphatic heterocycles. The van der Waals surface area contributed by atoms with E-state index in [1.807, 2.05) is 0 Å². The molecule has 1 aromatic rings. The predicted molar refractivity (Wildman–Crippen MR) is 69.0 cm³/mol. The van der Waals surface area contributed by atoms with Crippen LogP contribution in [0.2, 0.25) is 0 Å². The fourth-order valence-corrected chi connectivity index (χ4v) is 2.31. The SMILES string of the molecule is CC(=O)c1cnc(NC(=O)C2CCCN2)s1.Cl. The summed E-state index contributed by atoms with van der Waals surface area (Å²) in [7, 11) is 0. The van der Waals surface area contributed by atoms with Crippen LogP contribution in [-0.2, 0) is 4.79 Å². The Kier molecular flexibility index (Phi) is 5.04. The number of carbonyl (C=O) groups excluding carboxylic acids is 2. The first kappa shape index (κ1) is 14.1. The van der Waals surface area contributed by atoms with Crippen LogP contribution < -0.4 is 10.6 Å². The van der Waals surface area contributed by atoms with Gasteiger partial charge in [-0.3, -0.25) is 9.59 Å². The van der Waals surface area contributed by atoms with Crippen molar-refractivity contribution in [1.29, 1.82) is 0 Å². The molecule has 2 heterocycles. The minimum Gasteiger partial charge on any atom is -0.306 e. The highest BCUT2D eigenvalue weighted by Gasteiger charge is 2.22. The van der Waals surface area contributed by atoms with Gasteiger partial charge in [0, 0.05) is 6.92 Å². The van der Waals surface area contributed by atoms with Crippen LogP contribution in [0.3, 0.4) is 0 Å². The summed E-state index contributed by atoms with van der Waals surface area (Å²) in [4.78, 5) is 27.3. The number of halogens is 1. The Hall–Kier alpha value is -0.980. The number of ketones is 1. The third-order valence-electron chi connectivity index (χ3n) is 2.46. The van der Waals surface area contributed by atoms with Crippen LogP contribution >= 0.6 is 23.7 Å². The molecule has 1 aliphatic rings. The van der Waals surface area contributed by atoms with Crippen LogP contribution in [0.15, 0.2) is 6.20 Å². The number of carbonyl (C=O) groups is 2. The standard InChI is InChI=1S/C10H13N3O2S.ClH/c1-6(14)8-5-12-10(16-8)13-9(15)7-3-2-4-11-7;/h5,7,11H,2-4H2,1H3,(H,12,13,15);1H. The van der Waals surface area contributed by atoms with E-state index in [9.17, 15) is 9.59 Å². The van der Waals surface area contributed by atoms with Gasteiger partial charge in [-0.2, -0.15) is 0 Å². The van der Waals surface area contributed by atoms with Crippen LogP contribution in [0, 0.1) is 0 Å². The number of anilines is 1. The molecule has 1 amide bonds. The van der Waals surface area contributed by atoms with Crippen molar-refractivity contribution in [3.63, 3.8) is 0 Å². The Morgan fingerprint density at radius 2 is 2.35 bits per heavy atom. The zero-order valence-corrected chi connectivity index (χ0v) is 11.0. The minimum atomic E-state index is -0.121. The molecule has 0 spiro atoms. The summed E-state index contributed by atoms with van der Waals surface area (Å²) in [6.07, 6.45) is 3.37. The predicted octanol–water partition coefficient (Wildman–Crippen LogP) is 1.46. The molecule has 0 aromatic carbocycles. The summed E-state index contributed by atoms with van der Waals surface area (Å²) < 4.78 is 0. The number of hydrogen-bond acceptors (Lipinski definition) is 5. The second-order valence-electron chi connectivity index (χ2n) is 3.72. The molecule has 1 atom stereocenters. The highest BCUT2D eigenvalue weighted by molar-refractivity contribution is 7.17. The molecule has 1 aromatic heterocycles. The lowest BCUT2D eigenvalue weighted by atomic mass is 10.2. The van der Waals surface area contributed by atoms with Gasteiger partial charge in [-0.25, -0.2) is 4.98 Å². The molecule has 1 unspecified atom stereocenters. The number of hydrogen-bond donors (Lipinski definition) is 2. The van der Waals surface area contributed by atoms with E-state index in [0.717, 1.165) is 19.4 Å². The van der Waals surface area contributed by atoms with Crippen molar-refractivity contribution < 1.29 is 9.59 Å². The van der Waals surface area contributed by atoms with Crippen LogP contribution in [-0.4, -0.2) is 29.3 Å². The lowest BCUT2D eigenvalue weighted by molar-refractivity contribution is -0.117. The van der Waals surface area contributed by atoms with Crippen LogP contribution in [0.4, 0.5) is 5.13 Å². The van der Waals surface area contributed by atoms with E-state index in [2.05, 4.69) is 15.6 Å². The smallest absolute Gasteiger partial charge is 0.243 e. The van der Waals surface area contributed by atoms with Crippen LogP contribution in [0.25, 0.3) is 0 Å². The summed E-state index contributed by atoms with van der Waals surface area (Å²) in [6.45, 7) is 2.37. The quantitative estimate of drug-likeness (QED) is 0.820. The van der Waals surface area contributed by atoms with E-state index < -0.39 is 0 Å². The van der Waals surface area contributed by atoms with Gasteiger partial charge in [0.25, 0.3) is 0 Å². The number of aromatic nitrogens is 1. The minimum absolute atomic E-state index is 0. The summed E-state index contributed by atoms with van der Waals surface area (Å²) in [5, 5.41) is 6.31. The van der Waals surface area contributed by atoms with Gasteiger partial charge in [-0.1, -0.05) is 11.3 Å². The first-order valence-electron chi connectivity index (χ1n) is 5.18. The fraction of sp³-hybridized carbons (Fsp3) is 0.500. The lowest BCUT2D eigenvalue weighted by Gasteiger charge is -2.08. The van der Waals surface area contributed by atoms with Crippen molar-refractivity contribution in [3.05, 3.63) is 11.1 Å². The topological polar surface area (TPSA) is 71.1 Å². The molecule has 0 bridgehead atoms. The zero-order chi connectivity index (χ0) is 11.5. The second kappa shape index (κ2) is 6.09. The zero-order valence-electron chi connectivity index (χ0n) is 9.36. The number of Topliss-reactive ketones (excluding diaryl/α,β-unsaturated/α-hetero) is 1. The fourth-order valence-electron chi connectivity index (χ4n) is 1.60. The van der Waals surface area contributed by atoms with Crippen molar-refractivity contribution in [2.45, 2.75) is 25.8 Å². The number of thiazole rings is 1. The maximum absolute atomic E-state index is 11.7. The number of amides is 1. The number of nitrogens with one attached hydrogen (secondary N) is 2. The molecule has 0 saturated carbocycles. The summed E-state index contributed by atoms with van der Waals surface area (Å²) >= 11 is 1.21. The van der Waals surface area contributed by atoms with E-state index in [-0.39, 0.29) is 30.1 Å². The Labute approximate surface area is 109 Å². The molecule has 0 radical (unpaired) electrons. The van der Waals surface area contributed by atoms with Crippen molar-refractivity contribution >= 4 is 40.6 Å². The van der Waals surface area contributed by atoms with Gasteiger partial charge in [0.05, 0.1) is 17.1 Å². The largest absolute Gasteiger partial charge is 0.306 e. The van der Waals surface area contributed by atoms with Crippen molar-refractivity contribution in [2.24, 2.45) is 0 Å². The maximum Gasteiger partial charge on any atom is 0.243 e. The Balaban J connectivity index is 0.00000144. The monoisotopic (exact) mass is 275 g/mol. The molecule has 0 aliphatic carbocycles. The van der Waals surface area contributed by atoms with Crippen molar-refractivity contribution in [2.75, 3.05) is 11.9 Å². The van der Waals surface area contributed by atoms with Gasteiger partial charge in [-0.05, 0) is 19.4 Å². The van der Waals surface area contributed by atoms with Gasteiger partial charge in [0.1, 0.15) is 0 Å². The van der Waals surface area contributed by atoms with E-state index >= 15 is 0 Å². The van der Waals surface area contributed by atoms with E-state index in [1.54, 1.807) is 0 Å². The molecule has 17 heavy (non-hydrogen) atoms. The summed E-state index contributed by atoms with van der Waals surface area (Å²) in [5.74, 6) is -0.0982. The molecular weight excluding hydrogens is 262 g/mol. The molecule has 2 rings (SSSR count). The lowest BCUT2D eigenvalue weighted by Crippen LogP contribution is -2.35.